The Morgan fingerprint density at radius 1 is 0.556 bits per heavy atom. The number of hydrogen-bond acceptors (Lipinski definition) is 1. The summed E-state index contributed by atoms with van der Waals surface area (Å²) in [6, 6.07) is 41.1. The first-order valence-corrected chi connectivity index (χ1v) is 12.3. The van der Waals surface area contributed by atoms with Crippen LogP contribution in [0.3, 0.4) is 0 Å². The van der Waals surface area contributed by atoms with Crippen molar-refractivity contribution in [2.24, 2.45) is 4.99 Å². The van der Waals surface area contributed by atoms with Gasteiger partial charge in [-0.15, -0.1) is 0 Å². The third-order valence-corrected chi connectivity index (χ3v) is 7.21. The third kappa shape index (κ3) is 3.15. The number of aliphatic imine (C=N–C) groups is 1. The SMILES string of the molecule is C=C(/N=C\Cc1ccc2c3ccccc3c3ccccc3c2c1)n1c2ccccc2c2ccccc21. The topological polar surface area (TPSA) is 17.3 Å². The van der Waals surface area contributed by atoms with Crippen LogP contribution < -0.4 is 0 Å². The first kappa shape index (κ1) is 20.7. The van der Waals surface area contributed by atoms with Crippen LogP contribution in [-0.2, 0) is 6.42 Å². The van der Waals surface area contributed by atoms with Crippen LogP contribution in [-0.4, -0.2) is 10.8 Å². The highest BCUT2D eigenvalue weighted by atomic mass is 15.1. The molecule has 36 heavy (non-hydrogen) atoms. The van der Waals surface area contributed by atoms with Crippen LogP contribution in [0.25, 0.3) is 59.9 Å². The lowest BCUT2D eigenvalue weighted by atomic mass is 9.93. The lowest BCUT2D eigenvalue weighted by Crippen LogP contribution is -1.95. The summed E-state index contributed by atoms with van der Waals surface area (Å²) in [7, 11) is 0. The molecule has 170 valence electrons. The second kappa shape index (κ2) is 8.21. The second-order valence-corrected chi connectivity index (χ2v) is 9.27. The number of hydrogen-bond donors (Lipinski definition) is 0. The largest absolute Gasteiger partial charge is 0.294 e. The zero-order valence-corrected chi connectivity index (χ0v) is 19.9. The Hall–Kier alpha value is -4.69. The van der Waals surface area contributed by atoms with Gasteiger partial charge in [-0.25, -0.2) is 4.99 Å². The Kier molecular flexibility index (Phi) is 4.71. The van der Waals surface area contributed by atoms with Crippen molar-refractivity contribution >= 4 is 66.2 Å². The molecule has 0 saturated heterocycles. The van der Waals surface area contributed by atoms with E-state index in [2.05, 4.69) is 126 Å². The number of para-hydroxylation sites is 2. The predicted molar refractivity (Wildman–Crippen MR) is 156 cm³/mol. The van der Waals surface area contributed by atoms with Crippen molar-refractivity contribution in [2.75, 3.05) is 0 Å². The van der Waals surface area contributed by atoms with E-state index in [4.69, 9.17) is 4.99 Å². The van der Waals surface area contributed by atoms with Crippen LogP contribution in [0.5, 0.6) is 0 Å². The maximum Gasteiger partial charge on any atom is 0.129 e. The molecule has 7 aromatic rings. The summed E-state index contributed by atoms with van der Waals surface area (Å²) in [5, 5.41) is 10.2. The van der Waals surface area contributed by atoms with Crippen LogP contribution in [0.2, 0.25) is 0 Å². The van der Waals surface area contributed by atoms with Gasteiger partial charge in [0.2, 0.25) is 0 Å². The lowest BCUT2D eigenvalue weighted by Gasteiger charge is -2.11. The van der Waals surface area contributed by atoms with Crippen molar-refractivity contribution in [3.63, 3.8) is 0 Å². The highest BCUT2D eigenvalue weighted by Gasteiger charge is 2.11. The van der Waals surface area contributed by atoms with E-state index in [1.54, 1.807) is 0 Å². The van der Waals surface area contributed by atoms with E-state index in [0.717, 1.165) is 23.3 Å². The van der Waals surface area contributed by atoms with Crippen molar-refractivity contribution < 1.29 is 0 Å². The van der Waals surface area contributed by atoms with Gasteiger partial charge in [-0.2, -0.15) is 0 Å². The lowest BCUT2D eigenvalue weighted by molar-refractivity contribution is 1.18. The molecule has 6 aromatic carbocycles. The second-order valence-electron chi connectivity index (χ2n) is 9.27. The van der Waals surface area contributed by atoms with Gasteiger partial charge in [0.15, 0.2) is 0 Å². The van der Waals surface area contributed by atoms with E-state index in [9.17, 15) is 0 Å². The molecule has 7 rings (SSSR count). The molecule has 0 aliphatic rings. The molecule has 2 heteroatoms. The molecule has 0 saturated carbocycles. The van der Waals surface area contributed by atoms with Crippen LogP contribution in [0, 0.1) is 0 Å². The van der Waals surface area contributed by atoms with E-state index in [1.807, 2.05) is 6.21 Å². The van der Waals surface area contributed by atoms with Crippen molar-refractivity contribution in [3.8, 4) is 0 Å². The fourth-order valence-corrected chi connectivity index (χ4v) is 5.60. The molecule has 0 N–H and O–H groups in total. The highest BCUT2D eigenvalue weighted by Crippen LogP contribution is 2.35. The summed E-state index contributed by atoms with van der Waals surface area (Å²) in [5.41, 5.74) is 3.50. The van der Waals surface area contributed by atoms with Gasteiger partial charge in [0.1, 0.15) is 5.82 Å². The zero-order chi connectivity index (χ0) is 24.1. The van der Waals surface area contributed by atoms with Crippen LogP contribution in [0.4, 0.5) is 0 Å². The van der Waals surface area contributed by atoms with E-state index in [0.29, 0.717) is 0 Å². The minimum absolute atomic E-state index is 0.727. The number of aromatic nitrogens is 1. The maximum atomic E-state index is 4.80. The third-order valence-electron chi connectivity index (χ3n) is 7.21. The van der Waals surface area contributed by atoms with E-state index in [1.165, 1.54) is 48.7 Å². The van der Waals surface area contributed by atoms with Crippen LogP contribution in [0.15, 0.2) is 127 Å². The molecule has 0 unspecified atom stereocenters. The first-order chi connectivity index (χ1) is 17.8. The normalized spacial score (nSPS) is 12.0. The molecule has 1 aromatic heterocycles. The number of nitrogens with zero attached hydrogens (tertiary/aromatic N) is 2. The minimum atomic E-state index is 0.727. The molecule has 0 radical (unpaired) electrons. The van der Waals surface area contributed by atoms with Gasteiger partial charge in [0.05, 0.1) is 11.0 Å². The molecule has 0 spiro atoms. The Balaban J connectivity index is 1.28. The summed E-state index contributed by atoms with van der Waals surface area (Å²) in [4.78, 5) is 4.80. The minimum Gasteiger partial charge on any atom is -0.294 e. The average Bonchev–Trinajstić information content (AvgIpc) is 3.28. The van der Waals surface area contributed by atoms with E-state index in [-0.39, 0.29) is 0 Å². The predicted octanol–water partition coefficient (Wildman–Crippen LogP) is 9.00. The molecule has 1 heterocycles. The standard InChI is InChI=1S/C34H24N2/c1-23(36-33-16-8-6-14-30(33)31-15-7-9-17-34(31)36)35-21-20-24-18-19-29-27-12-3-2-10-25(27)26-11-4-5-13-28(26)32(29)22-24/h2-19,21-22H,1,20H2/b35-21-. The molecule has 0 bridgehead atoms. The van der Waals surface area contributed by atoms with Gasteiger partial charge in [-0.3, -0.25) is 4.57 Å². The molecule has 0 amide bonds. The summed E-state index contributed by atoms with van der Waals surface area (Å²) in [5.74, 6) is 0.727. The van der Waals surface area contributed by atoms with Crippen molar-refractivity contribution in [1.29, 1.82) is 0 Å². The molecule has 0 aliphatic heterocycles. The number of benzene rings is 6. The number of fused-ring (bicyclic) bond motifs is 9. The molecule has 2 nitrogen and oxygen atoms in total. The monoisotopic (exact) mass is 460 g/mol. The summed E-state index contributed by atoms with van der Waals surface area (Å²) < 4.78 is 2.15. The summed E-state index contributed by atoms with van der Waals surface area (Å²) >= 11 is 0. The fraction of sp³-hybridized carbons (Fsp3) is 0.0294. The van der Waals surface area contributed by atoms with E-state index >= 15 is 0 Å². The average molecular weight is 461 g/mol. The Labute approximate surface area is 209 Å². The maximum absolute atomic E-state index is 4.80. The Bertz CT molecular complexity index is 1900. The molecule has 0 fully saturated rings. The summed E-state index contributed by atoms with van der Waals surface area (Å²) in [6.07, 6.45) is 2.73. The van der Waals surface area contributed by atoms with Crippen molar-refractivity contribution in [3.05, 3.63) is 127 Å². The highest BCUT2D eigenvalue weighted by molar-refractivity contribution is 6.25. The van der Waals surface area contributed by atoms with Gasteiger partial charge in [-0.05, 0) is 50.0 Å². The van der Waals surface area contributed by atoms with Gasteiger partial charge >= 0.3 is 0 Å². The van der Waals surface area contributed by atoms with Crippen LogP contribution in [0.1, 0.15) is 5.56 Å². The molecule has 0 atom stereocenters. The quantitative estimate of drug-likeness (QED) is 0.184. The zero-order valence-electron chi connectivity index (χ0n) is 19.9. The smallest absolute Gasteiger partial charge is 0.129 e. The first-order valence-electron chi connectivity index (χ1n) is 12.3. The van der Waals surface area contributed by atoms with Crippen molar-refractivity contribution in [2.45, 2.75) is 6.42 Å². The van der Waals surface area contributed by atoms with Crippen molar-refractivity contribution in [1.82, 2.24) is 4.57 Å². The Morgan fingerprint density at radius 3 is 1.56 bits per heavy atom. The molecule has 0 aliphatic carbocycles. The van der Waals surface area contributed by atoms with E-state index < -0.39 is 0 Å². The van der Waals surface area contributed by atoms with Gasteiger partial charge in [0.25, 0.3) is 0 Å². The van der Waals surface area contributed by atoms with Gasteiger partial charge in [-0.1, -0.05) is 110 Å². The molecular formula is C34H24N2. The van der Waals surface area contributed by atoms with Crippen LogP contribution >= 0.6 is 0 Å². The fourth-order valence-electron chi connectivity index (χ4n) is 5.60. The Morgan fingerprint density at radius 2 is 1.00 bits per heavy atom. The molecular weight excluding hydrogens is 436 g/mol. The van der Waals surface area contributed by atoms with Gasteiger partial charge < -0.3 is 0 Å². The van der Waals surface area contributed by atoms with Gasteiger partial charge in [0, 0.05) is 23.4 Å². The summed E-state index contributed by atoms with van der Waals surface area (Å²) in [6.45, 7) is 4.32. The number of rotatable bonds is 4.